The molecule has 2 heteroatoms. The van der Waals surface area contributed by atoms with Crippen LogP contribution in [0.5, 0.6) is 0 Å². The molecule has 0 unspecified atom stereocenters. The summed E-state index contributed by atoms with van der Waals surface area (Å²) in [5, 5.41) is 0. The third-order valence-corrected chi connectivity index (χ3v) is 8.40. The van der Waals surface area contributed by atoms with E-state index in [1.807, 2.05) is 0 Å². The van der Waals surface area contributed by atoms with Crippen molar-refractivity contribution in [3.8, 4) is 0 Å². The van der Waals surface area contributed by atoms with Crippen LogP contribution in [0.2, 0.25) is 0 Å². The molecule has 47 heavy (non-hydrogen) atoms. The summed E-state index contributed by atoms with van der Waals surface area (Å²) in [7, 11) is 0. The third-order valence-electron chi connectivity index (χ3n) is 8.40. The molecular weight excluding hydrogens is 569 g/mol. The monoisotopic (exact) mass is 614 g/mol. The van der Waals surface area contributed by atoms with Crippen LogP contribution < -0.4 is 9.80 Å². The lowest BCUT2D eigenvalue weighted by Crippen LogP contribution is -2.12. The van der Waals surface area contributed by atoms with Gasteiger partial charge in [0.25, 0.3) is 0 Å². The van der Waals surface area contributed by atoms with E-state index >= 15 is 0 Å². The van der Waals surface area contributed by atoms with E-state index in [0.29, 0.717) is 0 Å². The van der Waals surface area contributed by atoms with E-state index in [0.717, 1.165) is 40.5 Å². The van der Waals surface area contributed by atoms with Crippen molar-refractivity contribution in [2.24, 2.45) is 0 Å². The summed E-state index contributed by atoms with van der Waals surface area (Å²) in [5.74, 6) is 0. The second kappa shape index (κ2) is 15.8. The average molecular weight is 615 g/mol. The Bertz CT molecular complexity index is 1850. The van der Waals surface area contributed by atoms with Crippen molar-refractivity contribution < 1.29 is 0 Å². The van der Waals surface area contributed by atoms with Crippen LogP contribution in [0.4, 0.5) is 34.1 Å². The van der Waals surface area contributed by atoms with Gasteiger partial charge in [-0.3, -0.25) is 0 Å². The van der Waals surface area contributed by atoms with Crippen LogP contribution in [0, 0.1) is 0 Å². The zero-order valence-electron chi connectivity index (χ0n) is 28.6. The summed E-state index contributed by atoms with van der Waals surface area (Å²) in [6.45, 7) is 13.0. The summed E-state index contributed by atoms with van der Waals surface area (Å²) in [6, 6.07) is 47.8. The molecule has 0 saturated carbocycles. The van der Waals surface area contributed by atoms with E-state index in [4.69, 9.17) is 0 Å². The van der Waals surface area contributed by atoms with E-state index in [-0.39, 0.29) is 0 Å². The molecule has 5 aromatic rings. The van der Waals surface area contributed by atoms with Crippen molar-refractivity contribution in [1.82, 2.24) is 0 Å². The SMILES string of the molecule is CC/C(C)=C\C=C(/C)c1ccc(N(c2ccccc2)c2ccc(N(c3ccccc3)c3ccc(/C(C)=C/C=C(C)C)cc3)cc2)cc1. The molecular formula is C45H46N2. The van der Waals surface area contributed by atoms with E-state index in [1.54, 1.807) is 0 Å². The highest BCUT2D eigenvalue weighted by Crippen LogP contribution is 2.39. The zero-order valence-corrected chi connectivity index (χ0v) is 28.6. The van der Waals surface area contributed by atoms with Crippen molar-refractivity contribution in [2.75, 3.05) is 9.80 Å². The average Bonchev–Trinajstić information content (AvgIpc) is 3.11. The first kappa shape index (κ1) is 33.0. The Balaban J connectivity index is 1.50. The maximum atomic E-state index is 2.32. The Hall–Kier alpha value is -5.34. The van der Waals surface area contributed by atoms with Crippen LogP contribution in [-0.4, -0.2) is 0 Å². The number of anilines is 6. The van der Waals surface area contributed by atoms with Gasteiger partial charge in [0.2, 0.25) is 0 Å². The van der Waals surface area contributed by atoms with Crippen molar-refractivity contribution in [1.29, 1.82) is 0 Å². The second-order valence-corrected chi connectivity index (χ2v) is 12.3. The Labute approximate surface area is 282 Å². The zero-order chi connectivity index (χ0) is 33.2. The van der Waals surface area contributed by atoms with Gasteiger partial charge in [-0.15, -0.1) is 0 Å². The van der Waals surface area contributed by atoms with Gasteiger partial charge in [-0.05, 0) is 136 Å². The van der Waals surface area contributed by atoms with Crippen LogP contribution in [0.3, 0.4) is 0 Å². The lowest BCUT2D eigenvalue weighted by atomic mass is 10.0. The van der Waals surface area contributed by atoms with Crippen LogP contribution in [-0.2, 0) is 0 Å². The summed E-state index contributed by atoms with van der Waals surface area (Å²) in [4.78, 5) is 4.63. The highest BCUT2D eigenvalue weighted by molar-refractivity contribution is 5.82. The Kier molecular flexibility index (Phi) is 11.1. The van der Waals surface area contributed by atoms with Gasteiger partial charge < -0.3 is 9.80 Å². The van der Waals surface area contributed by atoms with E-state index in [2.05, 4.69) is 209 Å². The molecule has 0 aromatic heterocycles. The largest absolute Gasteiger partial charge is 0.311 e. The highest BCUT2D eigenvalue weighted by atomic mass is 15.2. The van der Waals surface area contributed by atoms with Gasteiger partial charge in [-0.1, -0.05) is 103 Å². The predicted octanol–water partition coefficient (Wildman–Crippen LogP) is 13.8. The Morgan fingerprint density at radius 3 is 1.06 bits per heavy atom. The third kappa shape index (κ3) is 8.48. The van der Waals surface area contributed by atoms with Gasteiger partial charge in [0, 0.05) is 34.1 Å². The minimum atomic E-state index is 1.07. The van der Waals surface area contributed by atoms with E-state index in [1.165, 1.54) is 33.4 Å². The molecule has 0 aliphatic heterocycles. The maximum absolute atomic E-state index is 2.32. The Morgan fingerprint density at radius 1 is 0.404 bits per heavy atom. The lowest BCUT2D eigenvalue weighted by molar-refractivity contribution is 1.10. The topological polar surface area (TPSA) is 6.48 Å². The molecule has 2 nitrogen and oxygen atoms in total. The maximum Gasteiger partial charge on any atom is 0.0463 e. The van der Waals surface area contributed by atoms with E-state index < -0.39 is 0 Å². The molecule has 0 saturated heterocycles. The molecule has 236 valence electrons. The molecule has 0 spiro atoms. The van der Waals surface area contributed by atoms with Gasteiger partial charge in [0.1, 0.15) is 0 Å². The minimum Gasteiger partial charge on any atom is -0.311 e. The number of hydrogen-bond donors (Lipinski definition) is 0. The van der Waals surface area contributed by atoms with Crippen molar-refractivity contribution >= 4 is 45.3 Å². The summed E-state index contributed by atoms with van der Waals surface area (Å²) >= 11 is 0. The second-order valence-electron chi connectivity index (χ2n) is 12.3. The molecule has 0 amide bonds. The van der Waals surface area contributed by atoms with Gasteiger partial charge in [0.05, 0.1) is 0 Å². The van der Waals surface area contributed by atoms with E-state index in [9.17, 15) is 0 Å². The molecule has 5 aromatic carbocycles. The predicted molar refractivity (Wildman–Crippen MR) is 207 cm³/mol. The number of rotatable bonds is 11. The van der Waals surface area contributed by atoms with Crippen molar-refractivity contribution in [3.05, 3.63) is 180 Å². The molecule has 0 aliphatic rings. The summed E-state index contributed by atoms with van der Waals surface area (Å²) in [6.07, 6.45) is 9.86. The number of para-hydroxylation sites is 2. The molecule has 0 aliphatic carbocycles. The standard InChI is InChI=1S/C45H46N2/c1-7-35(4)19-21-37(6)39-24-28-43(29-25-39)47(41-16-12-9-13-17-41)45-32-30-44(31-33-45)46(40-14-10-8-11-15-40)42-26-22-38(23-27-42)36(5)20-18-34(2)3/h8-33H,7H2,1-6H3/b35-19-,36-20+,37-21+. The fourth-order valence-corrected chi connectivity index (χ4v) is 5.42. The van der Waals surface area contributed by atoms with Crippen LogP contribution in [0.25, 0.3) is 11.1 Å². The first-order valence-corrected chi connectivity index (χ1v) is 16.5. The molecule has 0 N–H and O–H groups in total. The molecule has 0 heterocycles. The number of nitrogens with zero attached hydrogens (tertiary/aromatic N) is 2. The molecule has 0 bridgehead atoms. The molecule has 5 rings (SSSR count). The van der Waals surface area contributed by atoms with Gasteiger partial charge in [-0.2, -0.15) is 0 Å². The van der Waals surface area contributed by atoms with Crippen molar-refractivity contribution in [2.45, 2.75) is 48.0 Å². The lowest BCUT2D eigenvalue weighted by Gasteiger charge is -2.28. The fourth-order valence-electron chi connectivity index (χ4n) is 5.42. The molecule has 0 fully saturated rings. The highest BCUT2D eigenvalue weighted by Gasteiger charge is 2.16. The summed E-state index contributed by atoms with van der Waals surface area (Å²) in [5.41, 5.74) is 14.3. The molecule has 0 radical (unpaired) electrons. The van der Waals surface area contributed by atoms with Crippen LogP contribution >= 0.6 is 0 Å². The number of benzene rings is 5. The molecule has 0 atom stereocenters. The van der Waals surface area contributed by atoms with Crippen LogP contribution in [0.1, 0.15) is 59.1 Å². The minimum absolute atomic E-state index is 1.07. The smallest absolute Gasteiger partial charge is 0.0463 e. The quantitative estimate of drug-likeness (QED) is 0.137. The number of allylic oxidation sites excluding steroid dienone is 8. The summed E-state index contributed by atoms with van der Waals surface area (Å²) < 4.78 is 0. The first-order chi connectivity index (χ1) is 22.8. The van der Waals surface area contributed by atoms with Gasteiger partial charge >= 0.3 is 0 Å². The normalized spacial score (nSPS) is 12.1. The van der Waals surface area contributed by atoms with Gasteiger partial charge in [0.15, 0.2) is 0 Å². The van der Waals surface area contributed by atoms with Crippen LogP contribution in [0.15, 0.2) is 169 Å². The number of hydrogen-bond acceptors (Lipinski definition) is 2. The fraction of sp³-hybridized carbons (Fsp3) is 0.156. The Morgan fingerprint density at radius 2 is 0.723 bits per heavy atom. The first-order valence-electron chi connectivity index (χ1n) is 16.5. The van der Waals surface area contributed by atoms with Crippen molar-refractivity contribution in [3.63, 3.8) is 0 Å². The van der Waals surface area contributed by atoms with Gasteiger partial charge in [-0.25, -0.2) is 0 Å².